The number of amides is 1. The van der Waals surface area contributed by atoms with E-state index in [0.29, 0.717) is 24.6 Å². The summed E-state index contributed by atoms with van der Waals surface area (Å²) in [6.07, 6.45) is 3.97. The van der Waals surface area contributed by atoms with Crippen molar-refractivity contribution in [2.45, 2.75) is 25.5 Å². The van der Waals surface area contributed by atoms with Gasteiger partial charge >= 0.3 is 0 Å². The van der Waals surface area contributed by atoms with Gasteiger partial charge < -0.3 is 9.64 Å². The van der Waals surface area contributed by atoms with Gasteiger partial charge in [0.2, 0.25) is 0 Å². The summed E-state index contributed by atoms with van der Waals surface area (Å²) in [5, 5.41) is 0.999. The van der Waals surface area contributed by atoms with Gasteiger partial charge in [0, 0.05) is 6.54 Å². The molecule has 4 rings (SSSR count). The normalized spacial score (nSPS) is 21.3. The molecule has 7 heteroatoms. The zero-order valence-electron chi connectivity index (χ0n) is 14.6. The van der Waals surface area contributed by atoms with E-state index in [9.17, 15) is 9.18 Å². The van der Waals surface area contributed by atoms with E-state index in [0.717, 1.165) is 30.2 Å². The molecule has 2 aliphatic heterocycles. The molecule has 3 heterocycles. The Labute approximate surface area is 156 Å². The van der Waals surface area contributed by atoms with Crippen molar-refractivity contribution in [3.8, 4) is 0 Å². The minimum absolute atomic E-state index is 0.00517. The standard InChI is InChI=1S/C19H22FN3O2S/c20-15-5-3-14(4-6-15)16-12-23(9-10-25-16)19(24)17-11-21-18(26-17)13-22-7-1-2-8-22/h3-6,11,16H,1-2,7-10,12-13H2. The van der Waals surface area contributed by atoms with Crippen molar-refractivity contribution in [1.29, 1.82) is 0 Å². The lowest BCUT2D eigenvalue weighted by Gasteiger charge is -2.32. The highest BCUT2D eigenvalue weighted by Gasteiger charge is 2.27. The molecular formula is C19H22FN3O2S. The highest BCUT2D eigenvalue weighted by molar-refractivity contribution is 7.13. The fourth-order valence-electron chi connectivity index (χ4n) is 3.48. The summed E-state index contributed by atoms with van der Waals surface area (Å²) in [5.41, 5.74) is 0.892. The van der Waals surface area contributed by atoms with Crippen LogP contribution in [0.5, 0.6) is 0 Å². The van der Waals surface area contributed by atoms with E-state index in [4.69, 9.17) is 4.74 Å². The molecule has 2 fully saturated rings. The van der Waals surface area contributed by atoms with Crippen LogP contribution in [0.25, 0.3) is 0 Å². The molecule has 5 nitrogen and oxygen atoms in total. The zero-order valence-corrected chi connectivity index (χ0v) is 15.4. The Balaban J connectivity index is 1.40. The number of rotatable bonds is 4. The van der Waals surface area contributed by atoms with E-state index in [1.807, 2.05) is 4.90 Å². The number of hydrogen-bond donors (Lipinski definition) is 0. The number of aromatic nitrogens is 1. The number of benzene rings is 1. The van der Waals surface area contributed by atoms with Gasteiger partial charge in [-0.3, -0.25) is 9.69 Å². The first kappa shape index (κ1) is 17.6. The molecule has 0 spiro atoms. The van der Waals surface area contributed by atoms with E-state index in [-0.39, 0.29) is 17.8 Å². The molecule has 26 heavy (non-hydrogen) atoms. The van der Waals surface area contributed by atoms with Crippen molar-refractivity contribution in [3.63, 3.8) is 0 Å². The number of halogens is 1. The summed E-state index contributed by atoms with van der Waals surface area (Å²) in [5.74, 6) is -0.265. The van der Waals surface area contributed by atoms with Gasteiger partial charge in [-0.25, -0.2) is 9.37 Å². The molecule has 0 N–H and O–H groups in total. The van der Waals surface area contributed by atoms with Crippen LogP contribution < -0.4 is 0 Å². The molecule has 1 atom stereocenters. The highest BCUT2D eigenvalue weighted by Crippen LogP contribution is 2.25. The molecule has 0 radical (unpaired) electrons. The number of ether oxygens (including phenoxy) is 1. The monoisotopic (exact) mass is 375 g/mol. The number of nitrogens with zero attached hydrogens (tertiary/aromatic N) is 3. The summed E-state index contributed by atoms with van der Waals surface area (Å²) >= 11 is 1.49. The van der Waals surface area contributed by atoms with Gasteiger partial charge in [0.1, 0.15) is 21.8 Å². The van der Waals surface area contributed by atoms with Crippen LogP contribution >= 0.6 is 11.3 Å². The number of morpholine rings is 1. The van der Waals surface area contributed by atoms with Crippen LogP contribution in [0, 0.1) is 5.82 Å². The Bertz CT molecular complexity index is 758. The van der Waals surface area contributed by atoms with Crippen LogP contribution in [0.2, 0.25) is 0 Å². The molecule has 1 aromatic heterocycles. The van der Waals surface area contributed by atoms with Crippen LogP contribution in [0.4, 0.5) is 4.39 Å². The Morgan fingerprint density at radius 3 is 2.77 bits per heavy atom. The molecule has 2 aliphatic rings. The topological polar surface area (TPSA) is 45.7 Å². The number of carbonyl (C=O) groups is 1. The fraction of sp³-hybridized carbons (Fsp3) is 0.474. The summed E-state index contributed by atoms with van der Waals surface area (Å²) in [7, 11) is 0. The smallest absolute Gasteiger partial charge is 0.265 e. The predicted molar refractivity (Wildman–Crippen MR) is 97.6 cm³/mol. The van der Waals surface area contributed by atoms with Crippen molar-refractivity contribution in [2.24, 2.45) is 0 Å². The van der Waals surface area contributed by atoms with Gasteiger partial charge in [0.25, 0.3) is 5.91 Å². The summed E-state index contributed by atoms with van der Waals surface area (Å²) in [6, 6.07) is 6.28. The average Bonchev–Trinajstić information content (AvgIpc) is 3.34. The van der Waals surface area contributed by atoms with E-state index in [1.54, 1.807) is 18.3 Å². The van der Waals surface area contributed by atoms with Crippen molar-refractivity contribution < 1.29 is 13.9 Å². The first-order valence-electron chi connectivity index (χ1n) is 9.02. The number of thiazole rings is 1. The third kappa shape index (κ3) is 3.95. The Hall–Kier alpha value is -1.83. The second kappa shape index (κ2) is 7.82. The average molecular weight is 375 g/mol. The lowest BCUT2D eigenvalue weighted by Crippen LogP contribution is -2.42. The van der Waals surface area contributed by atoms with Crippen molar-refractivity contribution >= 4 is 17.2 Å². The SMILES string of the molecule is O=C(c1cnc(CN2CCCC2)s1)N1CCOC(c2ccc(F)cc2)C1. The first-order chi connectivity index (χ1) is 12.7. The van der Waals surface area contributed by atoms with Crippen molar-refractivity contribution in [2.75, 3.05) is 32.8 Å². The lowest BCUT2D eigenvalue weighted by atomic mass is 10.1. The number of carbonyl (C=O) groups excluding carboxylic acids is 1. The minimum Gasteiger partial charge on any atom is -0.370 e. The molecule has 2 aromatic rings. The molecule has 2 saturated heterocycles. The van der Waals surface area contributed by atoms with Gasteiger partial charge in [0.15, 0.2) is 0 Å². The Morgan fingerprint density at radius 1 is 1.23 bits per heavy atom. The second-order valence-electron chi connectivity index (χ2n) is 6.76. The van der Waals surface area contributed by atoms with Crippen molar-refractivity contribution in [1.82, 2.24) is 14.8 Å². The van der Waals surface area contributed by atoms with Gasteiger partial charge in [-0.05, 0) is 43.6 Å². The maximum atomic E-state index is 13.1. The third-order valence-electron chi connectivity index (χ3n) is 4.92. The maximum Gasteiger partial charge on any atom is 0.265 e. The summed E-state index contributed by atoms with van der Waals surface area (Å²) in [4.78, 5) is 22.2. The summed E-state index contributed by atoms with van der Waals surface area (Å²) in [6.45, 7) is 4.59. The van der Waals surface area contributed by atoms with Crippen LogP contribution in [0.15, 0.2) is 30.5 Å². The summed E-state index contributed by atoms with van der Waals surface area (Å²) < 4.78 is 18.9. The Kier molecular flexibility index (Phi) is 5.28. The first-order valence-corrected chi connectivity index (χ1v) is 9.84. The third-order valence-corrected chi connectivity index (χ3v) is 5.89. The second-order valence-corrected chi connectivity index (χ2v) is 7.88. The van der Waals surface area contributed by atoms with Gasteiger partial charge in [0.05, 0.1) is 25.9 Å². The van der Waals surface area contributed by atoms with Gasteiger partial charge in [-0.15, -0.1) is 11.3 Å². The van der Waals surface area contributed by atoms with Crippen LogP contribution in [0.3, 0.4) is 0 Å². The quantitative estimate of drug-likeness (QED) is 0.824. The zero-order chi connectivity index (χ0) is 17.9. The number of hydrogen-bond acceptors (Lipinski definition) is 5. The van der Waals surface area contributed by atoms with Crippen molar-refractivity contribution in [3.05, 3.63) is 51.7 Å². The molecule has 1 unspecified atom stereocenters. The fourth-order valence-corrected chi connectivity index (χ4v) is 4.41. The van der Waals surface area contributed by atoms with E-state index in [1.165, 1.54) is 36.3 Å². The largest absolute Gasteiger partial charge is 0.370 e. The van der Waals surface area contributed by atoms with Crippen LogP contribution in [-0.4, -0.2) is 53.5 Å². The van der Waals surface area contributed by atoms with Gasteiger partial charge in [-0.2, -0.15) is 0 Å². The number of likely N-dealkylation sites (tertiary alicyclic amines) is 1. The lowest BCUT2D eigenvalue weighted by molar-refractivity contribution is -0.0226. The molecule has 0 bridgehead atoms. The molecular weight excluding hydrogens is 353 g/mol. The van der Waals surface area contributed by atoms with E-state index >= 15 is 0 Å². The molecule has 0 aliphatic carbocycles. The molecule has 138 valence electrons. The van der Waals surface area contributed by atoms with Crippen LogP contribution in [-0.2, 0) is 11.3 Å². The van der Waals surface area contributed by atoms with E-state index < -0.39 is 0 Å². The Morgan fingerprint density at radius 2 is 2.00 bits per heavy atom. The molecule has 0 saturated carbocycles. The van der Waals surface area contributed by atoms with E-state index in [2.05, 4.69) is 9.88 Å². The predicted octanol–water partition coefficient (Wildman–Crippen LogP) is 3.09. The molecule has 1 aromatic carbocycles. The molecule has 1 amide bonds. The minimum atomic E-state index is -0.271. The van der Waals surface area contributed by atoms with Gasteiger partial charge in [-0.1, -0.05) is 12.1 Å². The highest BCUT2D eigenvalue weighted by atomic mass is 32.1. The van der Waals surface area contributed by atoms with Crippen LogP contribution in [0.1, 0.15) is 39.2 Å². The maximum absolute atomic E-state index is 13.1.